The number of aromatic nitrogens is 3. The molecule has 1 saturated heterocycles. The number of hydrogen-bond donors (Lipinski definition) is 1. The third-order valence-electron chi connectivity index (χ3n) is 4.93. The second-order valence-electron chi connectivity index (χ2n) is 6.63. The molecule has 6 nitrogen and oxygen atoms in total. The van der Waals surface area contributed by atoms with Crippen LogP contribution in [-0.2, 0) is 0 Å². The molecule has 0 saturated carbocycles. The number of halogens is 1. The van der Waals surface area contributed by atoms with Gasteiger partial charge in [0.15, 0.2) is 0 Å². The van der Waals surface area contributed by atoms with Crippen molar-refractivity contribution in [3.8, 4) is 5.69 Å². The summed E-state index contributed by atoms with van der Waals surface area (Å²) in [5.74, 6) is 0.826. The van der Waals surface area contributed by atoms with Crippen molar-refractivity contribution in [2.75, 3.05) is 13.1 Å². The van der Waals surface area contributed by atoms with Gasteiger partial charge in [0.05, 0.1) is 5.69 Å². The number of carbonyl (C=O) groups excluding carboxylic acids is 1. The lowest BCUT2D eigenvalue weighted by molar-refractivity contribution is 0.0710. The molecule has 27 heavy (non-hydrogen) atoms. The highest BCUT2D eigenvalue weighted by atomic mass is 35.5. The van der Waals surface area contributed by atoms with Crippen LogP contribution < -0.4 is 5.69 Å². The van der Waals surface area contributed by atoms with E-state index in [1.807, 2.05) is 35.2 Å². The number of nitrogens with zero attached hydrogens (tertiary/aromatic N) is 3. The molecule has 1 amide bonds. The van der Waals surface area contributed by atoms with E-state index in [2.05, 4.69) is 10.2 Å². The van der Waals surface area contributed by atoms with Gasteiger partial charge in [0.25, 0.3) is 5.91 Å². The molecule has 1 aromatic heterocycles. The topological polar surface area (TPSA) is 71.0 Å². The van der Waals surface area contributed by atoms with Crippen molar-refractivity contribution in [1.29, 1.82) is 0 Å². The van der Waals surface area contributed by atoms with Crippen LogP contribution in [0.4, 0.5) is 0 Å². The summed E-state index contributed by atoms with van der Waals surface area (Å²) < 4.78 is 1.62. The molecule has 4 rings (SSSR count). The summed E-state index contributed by atoms with van der Waals surface area (Å²) >= 11 is 5.99. The molecule has 1 aliphatic rings. The standard InChI is InChI=1S/C20H19ClN4O2/c21-16-6-4-5-15(13-16)19(26)24-11-9-14(10-12-24)18-22-23-20(27)25(18)17-7-2-1-3-8-17/h1-8,13-14H,9-12H2,(H,23,27). The number of likely N-dealkylation sites (tertiary alicyclic amines) is 1. The van der Waals surface area contributed by atoms with Gasteiger partial charge in [-0.25, -0.2) is 14.5 Å². The van der Waals surface area contributed by atoms with Gasteiger partial charge in [-0.2, -0.15) is 5.10 Å². The fraction of sp³-hybridized carbons (Fsp3) is 0.250. The van der Waals surface area contributed by atoms with Crippen LogP contribution in [-0.4, -0.2) is 38.7 Å². The number of rotatable bonds is 3. The summed E-state index contributed by atoms with van der Waals surface area (Å²) in [5.41, 5.74) is 1.15. The Morgan fingerprint density at radius 2 is 1.81 bits per heavy atom. The maximum atomic E-state index is 12.7. The second-order valence-corrected chi connectivity index (χ2v) is 7.07. The van der Waals surface area contributed by atoms with Crippen LogP contribution >= 0.6 is 11.6 Å². The minimum Gasteiger partial charge on any atom is -0.339 e. The molecule has 7 heteroatoms. The van der Waals surface area contributed by atoms with E-state index in [9.17, 15) is 9.59 Å². The van der Waals surface area contributed by atoms with Gasteiger partial charge < -0.3 is 4.90 Å². The third-order valence-corrected chi connectivity index (χ3v) is 5.17. The first kappa shape index (κ1) is 17.5. The molecule has 0 atom stereocenters. The Hall–Kier alpha value is -2.86. The summed E-state index contributed by atoms with van der Waals surface area (Å²) in [6.07, 6.45) is 1.51. The molecule has 1 fully saturated rings. The van der Waals surface area contributed by atoms with Gasteiger partial charge >= 0.3 is 5.69 Å². The molecule has 0 aliphatic carbocycles. The number of H-pyrrole nitrogens is 1. The molecular weight excluding hydrogens is 364 g/mol. The average Bonchev–Trinajstić information content (AvgIpc) is 3.09. The first-order valence-corrected chi connectivity index (χ1v) is 9.29. The summed E-state index contributed by atoms with van der Waals surface area (Å²) in [6.45, 7) is 1.23. The second kappa shape index (κ2) is 7.40. The smallest absolute Gasteiger partial charge is 0.339 e. The lowest BCUT2D eigenvalue weighted by Crippen LogP contribution is -2.38. The van der Waals surface area contributed by atoms with Gasteiger partial charge in [0, 0.05) is 29.6 Å². The zero-order valence-electron chi connectivity index (χ0n) is 14.6. The van der Waals surface area contributed by atoms with Crippen molar-refractivity contribution in [3.63, 3.8) is 0 Å². The number of aromatic amines is 1. The molecule has 1 aliphatic heterocycles. The van der Waals surface area contributed by atoms with E-state index in [0.29, 0.717) is 23.7 Å². The van der Waals surface area contributed by atoms with Gasteiger partial charge in [-0.15, -0.1) is 0 Å². The maximum Gasteiger partial charge on any atom is 0.347 e. The van der Waals surface area contributed by atoms with Crippen LogP contribution in [0.25, 0.3) is 5.69 Å². The molecule has 2 heterocycles. The van der Waals surface area contributed by atoms with Crippen molar-refractivity contribution < 1.29 is 4.79 Å². The molecule has 0 bridgehead atoms. The normalized spacial score (nSPS) is 15.1. The van der Waals surface area contributed by atoms with Gasteiger partial charge in [-0.05, 0) is 43.2 Å². The quantitative estimate of drug-likeness (QED) is 0.756. The van der Waals surface area contributed by atoms with Crippen LogP contribution in [0.15, 0.2) is 59.4 Å². The first-order valence-electron chi connectivity index (χ1n) is 8.91. The first-order chi connectivity index (χ1) is 13.1. The fourth-order valence-electron chi connectivity index (χ4n) is 3.55. The van der Waals surface area contributed by atoms with Gasteiger partial charge in [0.2, 0.25) is 0 Å². The van der Waals surface area contributed by atoms with E-state index in [1.54, 1.807) is 28.8 Å². The lowest BCUT2D eigenvalue weighted by Gasteiger charge is -2.31. The summed E-state index contributed by atoms with van der Waals surface area (Å²) in [6, 6.07) is 16.5. The monoisotopic (exact) mass is 382 g/mol. The minimum absolute atomic E-state index is 0.0153. The van der Waals surface area contributed by atoms with Gasteiger partial charge in [-0.1, -0.05) is 35.9 Å². The molecular formula is C20H19ClN4O2. The molecule has 1 N–H and O–H groups in total. The Morgan fingerprint density at radius 3 is 2.52 bits per heavy atom. The highest BCUT2D eigenvalue weighted by Crippen LogP contribution is 2.28. The van der Waals surface area contributed by atoms with E-state index >= 15 is 0 Å². The highest BCUT2D eigenvalue weighted by Gasteiger charge is 2.28. The van der Waals surface area contributed by atoms with E-state index in [-0.39, 0.29) is 17.5 Å². The van der Waals surface area contributed by atoms with Crippen LogP contribution in [0.2, 0.25) is 5.02 Å². The molecule has 3 aromatic rings. The molecule has 0 unspecified atom stereocenters. The zero-order chi connectivity index (χ0) is 18.8. The van der Waals surface area contributed by atoms with Crippen LogP contribution in [0.3, 0.4) is 0 Å². The van der Waals surface area contributed by atoms with Crippen molar-refractivity contribution in [3.05, 3.63) is 81.5 Å². The minimum atomic E-state index is -0.242. The number of carbonyl (C=O) groups is 1. The number of amides is 1. The molecule has 0 radical (unpaired) electrons. The number of para-hydroxylation sites is 1. The molecule has 138 valence electrons. The Bertz CT molecular complexity index is 1000. The number of piperidine rings is 1. The average molecular weight is 383 g/mol. The maximum absolute atomic E-state index is 12.7. The van der Waals surface area contributed by atoms with E-state index in [4.69, 9.17) is 11.6 Å². The van der Waals surface area contributed by atoms with E-state index in [0.717, 1.165) is 24.4 Å². The van der Waals surface area contributed by atoms with Crippen LogP contribution in [0, 0.1) is 0 Å². The zero-order valence-corrected chi connectivity index (χ0v) is 15.4. The Morgan fingerprint density at radius 1 is 1.07 bits per heavy atom. The molecule has 2 aromatic carbocycles. The van der Waals surface area contributed by atoms with Crippen LogP contribution in [0.5, 0.6) is 0 Å². The number of benzene rings is 2. The Kier molecular flexibility index (Phi) is 4.81. The van der Waals surface area contributed by atoms with Gasteiger partial charge in [-0.3, -0.25) is 4.79 Å². The Balaban J connectivity index is 1.51. The van der Waals surface area contributed by atoms with Crippen molar-refractivity contribution >= 4 is 17.5 Å². The van der Waals surface area contributed by atoms with Crippen molar-refractivity contribution in [2.45, 2.75) is 18.8 Å². The van der Waals surface area contributed by atoms with Crippen LogP contribution in [0.1, 0.15) is 34.9 Å². The van der Waals surface area contributed by atoms with Gasteiger partial charge in [0.1, 0.15) is 5.82 Å². The third kappa shape index (κ3) is 3.53. The van der Waals surface area contributed by atoms with E-state index in [1.165, 1.54) is 0 Å². The van der Waals surface area contributed by atoms with E-state index < -0.39 is 0 Å². The molecule has 0 spiro atoms. The summed E-state index contributed by atoms with van der Waals surface area (Å²) in [5, 5.41) is 7.38. The van der Waals surface area contributed by atoms with Crippen molar-refractivity contribution in [1.82, 2.24) is 19.7 Å². The highest BCUT2D eigenvalue weighted by molar-refractivity contribution is 6.30. The predicted octanol–water partition coefficient (Wildman–Crippen LogP) is 3.23. The largest absolute Gasteiger partial charge is 0.347 e. The Labute approximate surface area is 161 Å². The fourth-order valence-corrected chi connectivity index (χ4v) is 3.74. The van der Waals surface area contributed by atoms with Crippen molar-refractivity contribution in [2.24, 2.45) is 0 Å². The SMILES string of the molecule is O=C(c1cccc(Cl)c1)N1CCC(c2n[nH]c(=O)n2-c2ccccc2)CC1. The lowest BCUT2D eigenvalue weighted by atomic mass is 9.95. The number of nitrogens with one attached hydrogen (secondary N) is 1. The number of hydrogen-bond acceptors (Lipinski definition) is 3. The predicted molar refractivity (Wildman–Crippen MR) is 104 cm³/mol. The summed E-state index contributed by atoms with van der Waals surface area (Å²) in [4.78, 5) is 26.8. The summed E-state index contributed by atoms with van der Waals surface area (Å²) in [7, 11) is 0.